The van der Waals surface area contributed by atoms with Crippen molar-refractivity contribution >= 4 is 11.9 Å². The van der Waals surface area contributed by atoms with Crippen LogP contribution in [0, 0.1) is 0 Å². The standard InChI is InChI=1S/C4H6O4.K/c5-3(6)1-2-4(7)8;/h1-2H2,(H,5,6)(H,7,8);/q;+1. The summed E-state index contributed by atoms with van der Waals surface area (Å²) in [6.45, 7) is 0. The van der Waals surface area contributed by atoms with Gasteiger partial charge in [-0.15, -0.1) is 0 Å². The summed E-state index contributed by atoms with van der Waals surface area (Å²) in [7, 11) is 0. The van der Waals surface area contributed by atoms with E-state index >= 15 is 0 Å². The van der Waals surface area contributed by atoms with E-state index in [-0.39, 0.29) is 64.2 Å². The van der Waals surface area contributed by atoms with Gasteiger partial charge < -0.3 is 10.2 Å². The third-order valence-electron chi connectivity index (χ3n) is 0.553. The number of hydrogen-bond acceptors (Lipinski definition) is 2. The van der Waals surface area contributed by atoms with Crippen molar-refractivity contribution in [3.63, 3.8) is 0 Å². The first kappa shape index (κ1) is 12.3. The fraction of sp³-hybridized carbons (Fsp3) is 0.500. The summed E-state index contributed by atoms with van der Waals surface area (Å²) in [5, 5.41) is 15.8. The van der Waals surface area contributed by atoms with Crippen molar-refractivity contribution in [3.8, 4) is 0 Å². The summed E-state index contributed by atoms with van der Waals surface area (Å²) in [6, 6.07) is 0. The zero-order valence-electron chi connectivity index (χ0n) is 5.13. The van der Waals surface area contributed by atoms with Crippen molar-refractivity contribution in [2.45, 2.75) is 12.8 Å². The maximum absolute atomic E-state index is 9.64. The Hall–Kier alpha value is 0.576. The van der Waals surface area contributed by atoms with Crippen LogP contribution in [0.3, 0.4) is 0 Å². The van der Waals surface area contributed by atoms with E-state index in [1.54, 1.807) is 0 Å². The SMILES string of the molecule is O=C(O)CCC(=O)O.[K+]. The molecule has 0 radical (unpaired) electrons. The van der Waals surface area contributed by atoms with Crippen molar-refractivity contribution in [3.05, 3.63) is 0 Å². The van der Waals surface area contributed by atoms with Gasteiger partial charge in [0.25, 0.3) is 0 Å². The maximum Gasteiger partial charge on any atom is 1.00 e. The third-order valence-corrected chi connectivity index (χ3v) is 0.553. The van der Waals surface area contributed by atoms with Gasteiger partial charge in [-0.3, -0.25) is 9.59 Å². The minimum Gasteiger partial charge on any atom is -0.481 e. The van der Waals surface area contributed by atoms with Gasteiger partial charge in [0, 0.05) is 0 Å². The van der Waals surface area contributed by atoms with Crippen molar-refractivity contribution in [1.29, 1.82) is 0 Å². The normalized spacial score (nSPS) is 7.56. The first-order valence-corrected chi connectivity index (χ1v) is 2.06. The molecule has 0 aliphatic carbocycles. The molecule has 0 saturated carbocycles. The molecule has 5 heteroatoms. The smallest absolute Gasteiger partial charge is 0.481 e. The van der Waals surface area contributed by atoms with Gasteiger partial charge in [-0.25, -0.2) is 0 Å². The first-order chi connectivity index (χ1) is 3.63. The molecular weight excluding hydrogens is 151 g/mol. The molecule has 0 amide bonds. The number of carboxylic acid groups (broad SMARTS) is 2. The predicted molar refractivity (Wildman–Crippen MR) is 24.5 cm³/mol. The van der Waals surface area contributed by atoms with Crippen LogP contribution in [0.2, 0.25) is 0 Å². The fourth-order valence-corrected chi connectivity index (χ4v) is 0.214. The van der Waals surface area contributed by atoms with Crippen LogP contribution in [-0.4, -0.2) is 22.2 Å². The van der Waals surface area contributed by atoms with E-state index in [0.29, 0.717) is 0 Å². The van der Waals surface area contributed by atoms with Gasteiger partial charge in [-0.1, -0.05) is 0 Å². The van der Waals surface area contributed by atoms with E-state index in [1.807, 2.05) is 0 Å². The Balaban J connectivity index is 0. The Bertz CT molecular complexity index is 97.1. The molecule has 0 atom stereocenters. The van der Waals surface area contributed by atoms with E-state index in [0.717, 1.165) is 0 Å². The molecule has 0 aromatic rings. The summed E-state index contributed by atoms with van der Waals surface area (Å²) in [6.07, 6.45) is -0.593. The number of aliphatic carboxylic acids is 2. The van der Waals surface area contributed by atoms with E-state index in [2.05, 4.69) is 0 Å². The molecule has 2 N–H and O–H groups in total. The van der Waals surface area contributed by atoms with Crippen LogP contribution in [-0.2, 0) is 9.59 Å². The molecule has 0 aliphatic heterocycles. The molecule has 4 nitrogen and oxygen atoms in total. The first-order valence-electron chi connectivity index (χ1n) is 2.06. The largest absolute Gasteiger partial charge is 1.00 e. The van der Waals surface area contributed by atoms with Gasteiger partial charge in [0.1, 0.15) is 0 Å². The van der Waals surface area contributed by atoms with Crippen LogP contribution in [0.1, 0.15) is 12.8 Å². The van der Waals surface area contributed by atoms with Gasteiger partial charge in [-0.05, 0) is 0 Å². The minimum atomic E-state index is -1.08. The van der Waals surface area contributed by atoms with Crippen LogP contribution in [0.25, 0.3) is 0 Å². The molecule has 0 spiro atoms. The predicted octanol–water partition coefficient (Wildman–Crippen LogP) is -3.06. The number of carboxylic acids is 2. The summed E-state index contributed by atoms with van der Waals surface area (Å²) < 4.78 is 0. The van der Waals surface area contributed by atoms with Gasteiger partial charge in [-0.2, -0.15) is 0 Å². The van der Waals surface area contributed by atoms with E-state index in [9.17, 15) is 9.59 Å². The van der Waals surface area contributed by atoms with Gasteiger partial charge in [0.05, 0.1) is 12.8 Å². The summed E-state index contributed by atoms with van der Waals surface area (Å²) in [5.41, 5.74) is 0. The monoisotopic (exact) mass is 157 g/mol. The zero-order valence-corrected chi connectivity index (χ0v) is 8.25. The number of rotatable bonds is 3. The average Bonchev–Trinajstić information content (AvgIpc) is 1.61. The molecule has 0 saturated heterocycles. The molecule has 0 aromatic heterocycles. The van der Waals surface area contributed by atoms with Crippen molar-refractivity contribution in [2.75, 3.05) is 0 Å². The molecule has 0 bridgehead atoms. The van der Waals surface area contributed by atoms with Crippen molar-refractivity contribution < 1.29 is 71.2 Å². The summed E-state index contributed by atoms with van der Waals surface area (Å²) in [5.74, 6) is -2.15. The average molecular weight is 157 g/mol. The number of hydrogen-bond donors (Lipinski definition) is 2. The Morgan fingerprint density at radius 1 is 1.00 bits per heavy atom. The maximum atomic E-state index is 9.64. The van der Waals surface area contributed by atoms with Crippen LogP contribution >= 0.6 is 0 Å². The fourth-order valence-electron chi connectivity index (χ4n) is 0.214. The molecule has 0 heterocycles. The quantitative estimate of drug-likeness (QED) is 0.427. The number of carbonyl (C=O) groups is 2. The summed E-state index contributed by atoms with van der Waals surface area (Å²) >= 11 is 0. The zero-order chi connectivity index (χ0) is 6.57. The molecular formula is C4H6KO4+. The minimum absolute atomic E-state index is 0. The van der Waals surface area contributed by atoms with Gasteiger partial charge in [0.15, 0.2) is 0 Å². The molecule has 46 valence electrons. The molecule has 0 fully saturated rings. The van der Waals surface area contributed by atoms with Crippen LogP contribution in [0.15, 0.2) is 0 Å². The van der Waals surface area contributed by atoms with Gasteiger partial charge >= 0.3 is 63.3 Å². The van der Waals surface area contributed by atoms with E-state index in [4.69, 9.17) is 10.2 Å². The summed E-state index contributed by atoms with van der Waals surface area (Å²) in [4.78, 5) is 19.3. The van der Waals surface area contributed by atoms with Crippen molar-refractivity contribution in [2.24, 2.45) is 0 Å². The third kappa shape index (κ3) is 11.9. The van der Waals surface area contributed by atoms with Crippen molar-refractivity contribution in [1.82, 2.24) is 0 Å². The van der Waals surface area contributed by atoms with Crippen LogP contribution < -0.4 is 51.4 Å². The second-order valence-corrected chi connectivity index (χ2v) is 1.29. The Morgan fingerprint density at radius 3 is 1.33 bits per heavy atom. The van der Waals surface area contributed by atoms with Crippen LogP contribution in [0.5, 0.6) is 0 Å². The Morgan fingerprint density at radius 2 is 1.22 bits per heavy atom. The molecule has 0 rings (SSSR count). The molecule has 9 heavy (non-hydrogen) atoms. The molecule has 0 aliphatic rings. The molecule has 0 unspecified atom stereocenters. The second-order valence-electron chi connectivity index (χ2n) is 1.29. The van der Waals surface area contributed by atoms with Crippen LogP contribution in [0.4, 0.5) is 0 Å². The molecule has 0 aromatic carbocycles. The van der Waals surface area contributed by atoms with E-state index < -0.39 is 11.9 Å². The van der Waals surface area contributed by atoms with E-state index in [1.165, 1.54) is 0 Å². The Kier molecular flexibility index (Phi) is 9.13. The topological polar surface area (TPSA) is 74.6 Å². The van der Waals surface area contributed by atoms with Gasteiger partial charge in [0.2, 0.25) is 0 Å². The Labute approximate surface area is 94.7 Å². The second kappa shape index (κ2) is 6.69.